The van der Waals surface area contributed by atoms with Gasteiger partial charge in [-0.25, -0.2) is 0 Å². The first kappa shape index (κ1) is 18.0. The molecule has 0 aromatic carbocycles. The van der Waals surface area contributed by atoms with Crippen molar-refractivity contribution in [3.63, 3.8) is 0 Å². The highest BCUT2D eigenvalue weighted by atomic mass is 35.5. The fourth-order valence-corrected chi connectivity index (χ4v) is 3.00. The van der Waals surface area contributed by atoms with E-state index in [4.69, 9.17) is 11.6 Å². The van der Waals surface area contributed by atoms with Crippen molar-refractivity contribution in [3.8, 4) is 0 Å². The molecule has 0 aliphatic carbocycles. The van der Waals surface area contributed by atoms with Crippen LogP contribution in [0.1, 0.15) is 53.9 Å². The lowest BCUT2D eigenvalue weighted by Gasteiger charge is -2.48. The van der Waals surface area contributed by atoms with E-state index in [1.54, 1.807) is 4.90 Å². The third kappa shape index (κ3) is 3.25. The van der Waals surface area contributed by atoms with Crippen molar-refractivity contribution in [2.75, 3.05) is 6.54 Å². The lowest BCUT2D eigenvalue weighted by Crippen LogP contribution is -2.71. The Kier molecular flexibility index (Phi) is 6.26. The number of halogens is 1. The predicted molar refractivity (Wildman–Crippen MR) is 86.0 cm³/mol. The Morgan fingerprint density at radius 1 is 1.38 bits per heavy atom. The van der Waals surface area contributed by atoms with E-state index in [2.05, 4.69) is 5.32 Å². The number of hydrogen-bond donors (Lipinski definition) is 1. The van der Waals surface area contributed by atoms with Crippen molar-refractivity contribution in [3.05, 3.63) is 11.1 Å². The van der Waals surface area contributed by atoms with Gasteiger partial charge in [0.25, 0.3) is 0 Å². The maximum Gasteiger partial charge on any atom is 0.246 e. The van der Waals surface area contributed by atoms with Gasteiger partial charge in [-0.15, -0.1) is 0 Å². The average Bonchev–Trinajstić information content (AvgIpc) is 2.50. The Morgan fingerprint density at radius 3 is 2.38 bits per heavy atom. The minimum atomic E-state index is -0.762. The molecule has 0 bridgehead atoms. The van der Waals surface area contributed by atoms with Gasteiger partial charge in [-0.05, 0) is 31.3 Å². The highest BCUT2D eigenvalue weighted by Gasteiger charge is 2.51. The molecule has 0 saturated carbocycles. The molecule has 2 atom stereocenters. The molecule has 1 rings (SSSR count). The summed E-state index contributed by atoms with van der Waals surface area (Å²) < 4.78 is 0. The first-order valence-electron chi connectivity index (χ1n) is 7.76. The van der Waals surface area contributed by atoms with Crippen LogP contribution in [0.2, 0.25) is 0 Å². The van der Waals surface area contributed by atoms with Crippen molar-refractivity contribution in [2.45, 2.75) is 65.5 Å². The van der Waals surface area contributed by atoms with Crippen LogP contribution in [0.3, 0.4) is 0 Å². The van der Waals surface area contributed by atoms with Gasteiger partial charge in [-0.3, -0.25) is 9.59 Å². The van der Waals surface area contributed by atoms with Gasteiger partial charge in [0.2, 0.25) is 11.8 Å². The summed E-state index contributed by atoms with van der Waals surface area (Å²) in [6.45, 7) is 10.2. The summed E-state index contributed by atoms with van der Waals surface area (Å²) in [6.07, 6.45) is 2.05. The van der Waals surface area contributed by atoms with Crippen LogP contribution in [0, 0.1) is 5.92 Å². The largest absolute Gasteiger partial charge is 0.342 e. The Labute approximate surface area is 132 Å². The molecular formula is C16H27ClN2O2. The summed E-state index contributed by atoms with van der Waals surface area (Å²) in [7, 11) is 0. The van der Waals surface area contributed by atoms with E-state index in [9.17, 15) is 9.59 Å². The number of carbonyl (C=O) groups excluding carboxylic acids is 2. The quantitative estimate of drug-likeness (QED) is 0.819. The summed E-state index contributed by atoms with van der Waals surface area (Å²) >= 11 is 5.76. The first-order chi connectivity index (χ1) is 9.87. The molecule has 1 fully saturated rings. The molecule has 2 amide bonds. The molecule has 1 aliphatic rings. The molecule has 0 radical (unpaired) electrons. The maximum absolute atomic E-state index is 12.9. The fraction of sp³-hybridized carbons (Fsp3) is 0.750. The Hall–Kier alpha value is -1.03. The zero-order chi connectivity index (χ0) is 16.2. The van der Waals surface area contributed by atoms with E-state index < -0.39 is 11.6 Å². The number of carbonyl (C=O) groups is 2. The van der Waals surface area contributed by atoms with Gasteiger partial charge in [0, 0.05) is 12.1 Å². The summed E-state index contributed by atoms with van der Waals surface area (Å²) in [5, 5.41) is 2.95. The number of rotatable bonds is 6. The molecule has 21 heavy (non-hydrogen) atoms. The molecule has 1 saturated heterocycles. The maximum atomic E-state index is 12.9. The molecule has 0 aromatic heterocycles. The van der Waals surface area contributed by atoms with E-state index in [1.165, 1.54) is 5.54 Å². The number of nitrogens with one attached hydrogen (secondary N) is 1. The number of hydrogen-bond acceptors (Lipinski definition) is 2. The van der Waals surface area contributed by atoms with Crippen molar-refractivity contribution in [1.82, 2.24) is 10.2 Å². The molecule has 5 heteroatoms. The summed E-state index contributed by atoms with van der Waals surface area (Å²) in [6, 6.07) is -0.433. The van der Waals surface area contributed by atoms with E-state index in [0.29, 0.717) is 19.4 Å². The minimum Gasteiger partial charge on any atom is -0.342 e. The van der Waals surface area contributed by atoms with Crippen molar-refractivity contribution >= 4 is 23.4 Å². The monoisotopic (exact) mass is 314 g/mol. The second-order valence-corrected chi connectivity index (χ2v) is 6.17. The van der Waals surface area contributed by atoms with Crippen LogP contribution in [0.25, 0.3) is 0 Å². The van der Waals surface area contributed by atoms with Gasteiger partial charge >= 0.3 is 0 Å². The molecule has 4 nitrogen and oxygen atoms in total. The topological polar surface area (TPSA) is 49.4 Å². The summed E-state index contributed by atoms with van der Waals surface area (Å²) in [4.78, 5) is 27.3. The van der Waals surface area contributed by atoms with Crippen LogP contribution in [-0.2, 0) is 9.59 Å². The molecule has 1 heterocycles. The van der Waals surface area contributed by atoms with E-state index >= 15 is 0 Å². The Bertz CT molecular complexity index is 430. The van der Waals surface area contributed by atoms with E-state index in [0.717, 1.165) is 12.0 Å². The van der Waals surface area contributed by atoms with Gasteiger partial charge < -0.3 is 10.2 Å². The molecule has 0 spiro atoms. The van der Waals surface area contributed by atoms with Crippen molar-refractivity contribution in [1.29, 1.82) is 0 Å². The van der Waals surface area contributed by atoms with Crippen molar-refractivity contribution < 1.29 is 9.59 Å². The molecular weight excluding hydrogens is 288 g/mol. The number of amides is 2. The molecule has 1 N–H and O–H groups in total. The predicted octanol–water partition coefficient (Wildman–Crippen LogP) is 3.06. The van der Waals surface area contributed by atoms with E-state index in [1.807, 2.05) is 34.6 Å². The van der Waals surface area contributed by atoms with Crippen LogP contribution >= 0.6 is 11.6 Å². The SMILES string of the molecule is CCC(C)C1NC(=O)C(CC)(CC)N(CC(C)=CCl)C1=O. The number of piperazine rings is 1. The van der Waals surface area contributed by atoms with Gasteiger partial charge in [0.15, 0.2) is 0 Å². The second kappa shape index (κ2) is 7.30. The van der Waals surface area contributed by atoms with Crippen LogP contribution in [-0.4, -0.2) is 34.8 Å². The highest BCUT2D eigenvalue weighted by molar-refractivity contribution is 6.25. The van der Waals surface area contributed by atoms with Crippen LogP contribution in [0.5, 0.6) is 0 Å². The lowest BCUT2D eigenvalue weighted by molar-refractivity contribution is -0.159. The second-order valence-electron chi connectivity index (χ2n) is 5.96. The molecule has 120 valence electrons. The highest BCUT2D eigenvalue weighted by Crippen LogP contribution is 2.31. The van der Waals surface area contributed by atoms with Crippen LogP contribution < -0.4 is 5.32 Å². The third-order valence-corrected chi connectivity index (χ3v) is 5.11. The first-order valence-corrected chi connectivity index (χ1v) is 8.19. The third-order valence-electron chi connectivity index (χ3n) is 4.73. The molecule has 2 unspecified atom stereocenters. The van der Waals surface area contributed by atoms with Crippen molar-refractivity contribution in [2.24, 2.45) is 5.92 Å². The van der Waals surface area contributed by atoms with Gasteiger partial charge in [-0.1, -0.05) is 45.7 Å². The fourth-order valence-electron chi connectivity index (χ4n) is 2.93. The lowest BCUT2D eigenvalue weighted by atomic mass is 9.83. The zero-order valence-electron chi connectivity index (χ0n) is 13.7. The molecule has 0 aromatic rings. The summed E-state index contributed by atoms with van der Waals surface area (Å²) in [5.74, 6) is 0.0845. The minimum absolute atomic E-state index is 0.00511. The van der Waals surface area contributed by atoms with E-state index in [-0.39, 0.29) is 17.7 Å². The Morgan fingerprint density at radius 2 is 1.95 bits per heavy atom. The van der Waals surface area contributed by atoms with Crippen LogP contribution in [0.4, 0.5) is 0 Å². The smallest absolute Gasteiger partial charge is 0.246 e. The Balaban J connectivity index is 3.23. The van der Waals surface area contributed by atoms with Gasteiger partial charge in [-0.2, -0.15) is 0 Å². The van der Waals surface area contributed by atoms with Gasteiger partial charge in [0.1, 0.15) is 11.6 Å². The van der Waals surface area contributed by atoms with Gasteiger partial charge in [0.05, 0.1) is 0 Å². The van der Waals surface area contributed by atoms with Crippen LogP contribution in [0.15, 0.2) is 11.1 Å². The molecule has 1 aliphatic heterocycles. The summed E-state index contributed by atoms with van der Waals surface area (Å²) in [5.41, 5.74) is 1.60. The standard InChI is InChI=1S/C16H27ClN2O2/c1-6-12(5)13-14(20)19(10-11(4)9-17)16(7-2,8-3)15(21)18-13/h9,12-13H,6-8,10H2,1-5H3,(H,18,21). The number of nitrogens with zero attached hydrogens (tertiary/aromatic N) is 1. The average molecular weight is 315 g/mol. The normalized spacial score (nSPS) is 24.0. The zero-order valence-corrected chi connectivity index (χ0v) is 14.5.